The Morgan fingerprint density at radius 2 is 1.71 bits per heavy atom. The quantitative estimate of drug-likeness (QED) is 0.308. The van der Waals surface area contributed by atoms with E-state index in [-0.39, 0.29) is 5.91 Å². The third-order valence-electron chi connectivity index (χ3n) is 6.05. The number of aromatic nitrogens is 2. The van der Waals surface area contributed by atoms with Gasteiger partial charge in [0.15, 0.2) is 0 Å². The Morgan fingerprint density at radius 1 is 0.941 bits per heavy atom. The number of aryl methyl sites for hydroxylation is 4. The summed E-state index contributed by atoms with van der Waals surface area (Å²) in [6, 6.07) is 22.1. The van der Waals surface area contributed by atoms with Gasteiger partial charge in [-0.2, -0.15) is 0 Å². The molecule has 0 aliphatic carbocycles. The largest absolute Gasteiger partial charge is 0.493 e. The maximum atomic E-state index is 12.5. The average molecular weight is 456 g/mol. The van der Waals surface area contributed by atoms with Crippen molar-refractivity contribution in [3.8, 4) is 5.75 Å². The molecule has 1 N–H and O–H groups in total. The van der Waals surface area contributed by atoms with E-state index in [0.717, 1.165) is 47.6 Å². The van der Waals surface area contributed by atoms with Crippen molar-refractivity contribution < 1.29 is 9.53 Å². The van der Waals surface area contributed by atoms with Crippen LogP contribution >= 0.6 is 0 Å². The Hall–Kier alpha value is -3.60. The van der Waals surface area contributed by atoms with Gasteiger partial charge in [-0.05, 0) is 69.5 Å². The predicted molar refractivity (Wildman–Crippen MR) is 138 cm³/mol. The topological polar surface area (TPSA) is 56.2 Å². The predicted octanol–water partition coefficient (Wildman–Crippen LogP) is 5.79. The first-order valence-corrected chi connectivity index (χ1v) is 12.0. The number of carbonyl (C=O) groups is 1. The number of imidazole rings is 1. The molecular weight excluding hydrogens is 422 g/mol. The smallest absolute Gasteiger partial charge is 0.251 e. The van der Waals surface area contributed by atoms with Crippen molar-refractivity contribution in [3.05, 3.63) is 94.8 Å². The fourth-order valence-electron chi connectivity index (χ4n) is 4.18. The molecule has 0 saturated carbocycles. The number of para-hydroxylation sites is 2. The lowest BCUT2D eigenvalue weighted by Crippen LogP contribution is -2.26. The Labute approximate surface area is 201 Å². The number of carbonyl (C=O) groups excluding carboxylic acids is 1. The van der Waals surface area contributed by atoms with Gasteiger partial charge in [0.1, 0.15) is 11.6 Å². The van der Waals surface area contributed by atoms with Crippen LogP contribution in [-0.2, 0) is 13.0 Å². The molecule has 3 aromatic carbocycles. The number of amides is 1. The van der Waals surface area contributed by atoms with Crippen LogP contribution in [0.5, 0.6) is 5.75 Å². The summed E-state index contributed by atoms with van der Waals surface area (Å²) in [6.07, 6.45) is 2.64. The van der Waals surface area contributed by atoms with Crippen LogP contribution in [0.1, 0.15) is 45.7 Å². The van der Waals surface area contributed by atoms with E-state index in [9.17, 15) is 4.79 Å². The number of benzene rings is 3. The number of nitrogens with zero attached hydrogens (tertiary/aromatic N) is 2. The number of ether oxygens (including phenoxy) is 1. The molecule has 0 aliphatic rings. The normalized spacial score (nSPS) is 11.0. The molecule has 1 aromatic heterocycles. The van der Waals surface area contributed by atoms with Crippen molar-refractivity contribution in [3.63, 3.8) is 0 Å². The van der Waals surface area contributed by atoms with Crippen molar-refractivity contribution in [2.24, 2.45) is 0 Å². The van der Waals surface area contributed by atoms with E-state index in [0.29, 0.717) is 25.1 Å². The van der Waals surface area contributed by atoms with E-state index >= 15 is 0 Å². The third-order valence-corrected chi connectivity index (χ3v) is 6.05. The van der Waals surface area contributed by atoms with Gasteiger partial charge in [-0.15, -0.1) is 0 Å². The summed E-state index contributed by atoms with van der Waals surface area (Å²) in [5.41, 5.74) is 6.38. The number of hydrogen-bond acceptors (Lipinski definition) is 3. The van der Waals surface area contributed by atoms with Crippen LogP contribution in [-0.4, -0.2) is 28.6 Å². The van der Waals surface area contributed by atoms with Crippen LogP contribution in [0.4, 0.5) is 0 Å². The first-order chi connectivity index (χ1) is 16.5. The average Bonchev–Trinajstić information content (AvgIpc) is 3.18. The van der Waals surface area contributed by atoms with Crippen molar-refractivity contribution >= 4 is 16.9 Å². The summed E-state index contributed by atoms with van der Waals surface area (Å²) in [5, 5.41) is 3.03. The van der Waals surface area contributed by atoms with E-state index in [1.54, 1.807) is 0 Å². The van der Waals surface area contributed by atoms with Gasteiger partial charge in [-0.3, -0.25) is 4.79 Å². The van der Waals surface area contributed by atoms with E-state index in [1.807, 2.05) is 49.4 Å². The molecule has 0 bridgehead atoms. The molecule has 1 heterocycles. The van der Waals surface area contributed by atoms with Crippen LogP contribution in [0.3, 0.4) is 0 Å². The van der Waals surface area contributed by atoms with Crippen molar-refractivity contribution in [2.75, 3.05) is 13.2 Å². The highest BCUT2D eigenvalue weighted by molar-refractivity contribution is 5.94. The lowest BCUT2D eigenvalue weighted by molar-refractivity contribution is 0.0954. The fourth-order valence-corrected chi connectivity index (χ4v) is 4.18. The Balaban J connectivity index is 1.33. The van der Waals surface area contributed by atoms with E-state index in [1.165, 1.54) is 11.1 Å². The first-order valence-electron chi connectivity index (χ1n) is 12.0. The lowest BCUT2D eigenvalue weighted by atomic mass is 10.1. The summed E-state index contributed by atoms with van der Waals surface area (Å²) in [4.78, 5) is 17.3. The van der Waals surface area contributed by atoms with Crippen LogP contribution < -0.4 is 10.1 Å². The van der Waals surface area contributed by atoms with Gasteiger partial charge in [-0.1, -0.05) is 47.5 Å². The highest BCUT2D eigenvalue weighted by Gasteiger charge is 2.11. The zero-order chi connectivity index (χ0) is 23.9. The van der Waals surface area contributed by atoms with Gasteiger partial charge < -0.3 is 14.6 Å². The molecule has 5 nitrogen and oxygen atoms in total. The molecule has 0 spiro atoms. The molecule has 176 valence electrons. The third kappa shape index (κ3) is 5.84. The molecular formula is C29H33N3O2. The SMILES string of the molecule is Cc1ccc(C(=O)NCCc2nc3ccccc3n2CCCCOc2ccc(C)cc2C)cc1. The van der Waals surface area contributed by atoms with Crippen LogP contribution in [0.15, 0.2) is 66.7 Å². The molecule has 0 saturated heterocycles. The maximum Gasteiger partial charge on any atom is 0.251 e. The van der Waals surface area contributed by atoms with Gasteiger partial charge in [0, 0.05) is 25.1 Å². The lowest BCUT2D eigenvalue weighted by Gasteiger charge is -2.12. The Morgan fingerprint density at radius 3 is 2.50 bits per heavy atom. The minimum atomic E-state index is -0.0498. The second-order valence-electron chi connectivity index (χ2n) is 8.86. The van der Waals surface area contributed by atoms with Gasteiger partial charge in [0.05, 0.1) is 17.6 Å². The van der Waals surface area contributed by atoms with Crippen molar-refractivity contribution in [1.82, 2.24) is 14.9 Å². The minimum absolute atomic E-state index is 0.0498. The molecule has 0 unspecified atom stereocenters. The summed E-state index contributed by atoms with van der Waals surface area (Å²) in [5.74, 6) is 1.91. The van der Waals surface area contributed by atoms with Gasteiger partial charge in [-0.25, -0.2) is 4.98 Å². The first kappa shape index (κ1) is 23.6. The summed E-state index contributed by atoms with van der Waals surface area (Å²) in [7, 11) is 0. The van der Waals surface area contributed by atoms with Crippen LogP contribution in [0.2, 0.25) is 0 Å². The zero-order valence-corrected chi connectivity index (χ0v) is 20.3. The van der Waals surface area contributed by atoms with Gasteiger partial charge in [0.25, 0.3) is 5.91 Å². The maximum absolute atomic E-state index is 12.5. The van der Waals surface area contributed by atoms with E-state index in [2.05, 4.69) is 48.0 Å². The highest BCUT2D eigenvalue weighted by Crippen LogP contribution is 2.20. The molecule has 5 heteroatoms. The highest BCUT2D eigenvalue weighted by atomic mass is 16.5. The number of hydrogen-bond donors (Lipinski definition) is 1. The second-order valence-corrected chi connectivity index (χ2v) is 8.86. The van der Waals surface area contributed by atoms with Gasteiger partial charge in [0.2, 0.25) is 0 Å². The van der Waals surface area contributed by atoms with Crippen LogP contribution in [0, 0.1) is 20.8 Å². The fraction of sp³-hybridized carbons (Fsp3) is 0.310. The Kier molecular flexibility index (Phi) is 7.63. The monoisotopic (exact) mass is 455 g/mol. The molecule has 4 rings (SSSR count). The minimum Gasteiger partial charge on any atom is -0.493 e. The molecule has 0 aliphatic heterocycles. The number of unbranched alkanes of at least 4 members (excludes halogenated alkanes) is 1. The van der Waals surface area contributed by atoms with Crippen molar-refractivity contribution in [2.45, 2.75) is 46.6 Å². The molecule has 0 atom stereocenters. The Bertz CT molecular complexity index is 1260. The molecule has 0 radical (unpaired) electrons. The number of nitrogens with one attached hydrogen (secondary N) is 1. The summed E-state index contributed by atoms with van der Waals surface area (Å²) < 4.78 is 8.28. The number of rotatable bonds is 10. The van der Waals surface area contributed by atoms with E-state index in [4.69, 9.17) is 9.72 Å². The van der Waals surface area contributed by atoms with Crippen molar-refractivity contribution in [1.29, 1.82) is 0 Å². The van der Waals surface area contributed by atoms with Crippen LogP contribution in [0.25, 0.3) is 11.0 Å². The number of fused-ring (bicyclic) bond motifs is 1. The molecule has 0 fully saturated rings. The second kappa shape index (κ2) is 11.0. The van der Waals surface area contributed by atoms with E-state index < -0.39 is 0 Å². The molecule has 34 heavy (non-hydrogen) atoms. The molecule has 4 aromatic rings. The zero-order valence-electron chi connectivity index (χ0n) is 20.3. The summed E-state index contributed by atoms with van der Waals surface area (Å²) >= 11 is 0. The molecule has 1 amide bonds. The standard InChI is InChI=1S/C29H33N3O2/c1-21-10-13-24(14-11-21)29(33)30-17-16-28-31-25-8-4-5-9-26(25)32(28)18-6-7-19-34-27-15-12-22(2)20-23(27)3/h4-5,8-15,20H,6-7,16-19H2,1-3H3,(H,30,33). The summed E-state index contributed by atoms with van der Waals surface area (Å²) in [6.45, 7) is 8.31. The van der Waals surface area contributed by atoms with Gasteiger partial charge >= 0.3 is 0 Å².